The third-order valence-electron chi connectivity index (χ3n) is 2.60. The average Bonchev–Trinajstić information content (AvgIpc) is 2.41. The van der Waals surface area contributed by atoms with Crippen LogP contribution in [0.1, 0.15) is 10.4 Å². The molecule has 4 nitrogen and oxygen atoms in total. The molecule has 0 bridgehead atoms. The van der Waals surface area contributed by atoms with Gasteiger partial charge in [0.05, 0.1) is 5.69 Å². The number of benzene rings is 1. The monoisotopic (exact) mass is 245 g/mol. The van der Waals surface area contributed by atoms with Gasteiger partial charge in [0.2, 0.25) is 0 Å². The Kier molecular flexibility index (Phi) is 3.23. The second-order valence-electron chi connectivity index (χ2n) is 3.81. The molecule has 2 rings (SSSR count). The molecule has 1 amide bonds. The van der Waals surface area contributed by atoms with Crippen LogP contribution < -0.4 is 10.6 Å². The van der Waals surface area contributed by atoms with E-state index in [2.05, 4.69) is 4.98 Å². The predicted octanol–water partition coefficient (Wildman–Crippen LogP) is 2.08. The van der Waals surface area contributed by atoms with Crippen LogP contribution in [0.4, 0.5) is 15.8 Å². The first kappa shape index (κ1) is 12.0. The number of halogens is 1. The molecule has 5 heteroatoms. The molecule has 0 unspecified atom stereocenters. The van der Waals surface area contributed by atoms with Crippen molar-refractivity contribution < 1.29 is 9.18 Å². The van der Waals surface area contributed by atoms with Crippen LogP contribution in [0.15, 0.2) is 42.7 Å². The van der Waals surface area contributed by atoms with Gasteiger partial charge in [-0.3, -0.25) is 9.78 Å². The fourth-order valence-electron chi connectivity index (χ4n) is 1.54. The number of nitrogens with two attached hydrogens (primary N) is 1. The Bertz CT molecular complexity index is 572. The second-order valence-corrected chi connectivity index (χ2v) is 3.81. The maximum Gasteiger partial charge on any atom is 0.258 e. The molecule has 1 aromatic heterocycles. The van der Waals surface area contributed by atoms with Gasteiger partial charge in [-0.2, -0.15) is 0 Å². The molecule has 92 valence electrons. The number of hydrogen-bond acceptors (Lipinski definition) is 3. The molecular weight excluding hydrogens is 233 g/mol. The second kappa shape index (κ2) is 4.83. The lowest BCUT2D eigenvalue weighted by molar-refractivity contribution is 0.0992. The van der Waals surface area contributed by atoms with Crippen LogP contribution in [0.25, 0.3) is 0 Å². The van der Waals surface area contributed by atoms with Crippen LogP contribution in [-0.4, -0.2) is 17.9 Å². The summed E-state index contributed by atoms with van der Waals surface area (Å²) in [6.07, 6.45) is 3.17. The summed E-state index contributed by atoms with van der Waals surface area (Å²) in [5, 5.41) is 0. The van der Waals surface area contributed by atoms with E-state index in [-0.39, 0.29) is 17.2 Å². The highest BCUT2D eigenvalue weighted by atomic mass is 19.1. The summed E-state index contributed by atoms with van der Waals surface area (Å²) in [4.78, 5) is 17.4. The smallest absolute Gasteiger partial charge is 0.258 e. The van der Waals surface area contributed by atoms with Crippen molar-refractivity contribution in [2.24, 2.45) is 0 Å². The van der Waals surface area contributed by atoms with Crippen molar-refractivity contribution in [3.8, 4) is 0 Å². The number of carbonyl (C=O) groups excluding carboxylic acids is 1. The number of nitrogen functional groups attached to an aromatic ring is 1. The molecule has 2 N–H and O–H groups in total. The lowest BCUT2D eigenvalue weighted by Crippen LogP contribution is -2.26. The van der Waals surface area contributed by atoms with E-state index in [1.807, 2.05) is 0 Å². The lowest BCUT2D eigenvalue weighted by Gasteiger charge is -2.17. The number of hydrogen-bond donors (Lipinski definition) is 1. The Morgan fingerprint density at radius 2 is 1.94 bits per heavy atom. The number of anilines is 2. The lowest BCUT2D eigenvalue weighted by atomic mass is 10.1. The Morgan fingerprint density at radius 3 is 2.56 bits per heavy atom. The summed E-state index contributed by atoms with van der Waals surface area (Å²) >= 11 is 0. The molecule has 1 aromatic carbocycles. The fraction of sp³-hybridized carbons (Fsp3) is 0.0769. The number of amides is 1. The van der Waals surface area contributed by atoms with Gasteiger partial charge in [-0.05, 0) is 30.3 Å². The summed E-state index contributed by atoms with van der Waals surface area (Å²) < 4.78 is 13.3. The van der Waals surface area contributed by atoms with Crippen LogP contribution in [0.5, 0.6) is 0 Å². The number of carbonyl (C=O) groups is 1. The van der Waals surface area contributed by atoms with Crippen LogP contribution in [0.2, 0.25) is 0 Å². The number of rotatable bonds is 2. The van der Waals surface area contributed by atoms with E-state index in [1.54, 1.807) is 31.6 Å². The molecule has 2 aromatic rings. The zero-order valence-corrected chi connectivity index (χ0v) is 9.80. The highest BCUT2D eigenvalue weighted by Crippen LogP contribution is 2.17. The summed E-state index contributed by atoms with van der Waals surface area (Å²) in [6.45, 7) is 0. The van der Waals surface area contributed by atoms with E-state index in [1.165, 1.54) is 17.0 Å². The molecule has 0 aliphatic heterocycles. The van der Waals surface area contributed by atoms with Crippen molar-refractivity contribution >= 4 is 17.3 Å². The maximum atomic E-state index is 13.3. The van der Waals surface area contributed by atoms with Gasteiger partial charge in [0.15, 0.2) is 0 Å². The van der Waals surface area contributed by atoms with Gasteiger partial charge in [-0.15, -0.1) is 0 Å². The van der Waals surface area contributed by atoms with Crippen LogP contribution in [-0.2, 0) is 0 Å². The van der Waals surface area contributed by atoms with Gasteiger partial charge in [0.25, 0.3) is 5.91 Å². The van der Waals surface area contributed by atoms with E-state index in [0.29, 0.717) is 5.69 Å². The van der Waals surface area contributed by atoms with Crippen LogP contribution in [0, 0.1) is 5.82 Å². The molecule has 0 aliphatic carbocycles. The van der Waals surface area contributed by atoms with Gasteiger partial charge in [-0.25, -0.2) is 4.39 Å². The number of pyridine rings is 1. The van der Waals surface area contributed by atoms with E-state index in [9.17, 15) is 9.18 Å². The molecule has 0 atom stereocenters. The highest BCUT2D eigenvalue weighted by molar-refractivity contribution is 6.05. The van der Waals surface area contributed by atoms with Gasteiger partial charge in [-0.1, -0.05) is 0 Å². The van der Waals surface area contributed by atoms with Crippen molar-refractivity contribution in [2.45, 2.75) is 0 Å². The minimum absolute atomic E-state index is 0.0260. The highest BCUT2D eigenvalue weighted by Gasteiger charge is 2.14. The van der Waals surface area contributed by atoms with E-state index in [0.717, 1.165) is 6.07 Å². The summed E-state index contributed by atoms with van der Waals surface area (Å²) in [5.41, 5.74) is 6.33. The predicted molar refractivity (Wildman–Crippen MR) is 67.8 cm³/mol. The normalized spacial score (nSPS) is 10.1. The largest absolute Gasteiger partial charge is 0.396 e. The van der Waals surface area contributed by atoms with Crippen molar-refractivity contribution in [3.63, 3.8) is 0 Å². The molecule has 1 heterocycles. The summed E-state index contributed by atoms with van der Waals surface area (Å²) in [7, 11) is 1.62. The van der Waals surface area contributed by atoms with Crippen LogP contribution in [0.3, 0.4) is 0 Å². The Labute approximate surface area is 104 Å². The standard InChI is InChI=1S/C13H12FN3O/c1-17(10-4-6-16-7-5-10)13(18)9-2-3-12(15)11(14)8-9/h2-8H,15H2,1H3. The topological polar surface area (TPSA) is 59.2 Å². The maximum absolute atomic E-state index is 13.3. The summed E-state index contributed by atoms with van der Waals surface area (Å²) in [6, 6.07) is 7.41. The third-order valence-corrected chi connectivity index (χ3v) is 2.60. The molecule has 18 heavy (non-hydrogen) atoms. The Hall–Kier alpha value is -2.43. The minimum atomic E-state index is -0.594. The van der Waals surface area contributed by atoms with E-state index < -0.39 is 5.82 Å². The average molecular weight is 245 g/mol. The molecule has 0 radical (unpaired) electrons. The minimum Gasteiger partial charge on any atom is -0.396 e. The first-order valence-electron chi connectivity index (χ1n) is 5.32. The Morgan fingerprint density at radius 1 is 1.28 bits per heavy atom. The van der Waals surface area contributed by atoms with Gasteiger partial charge >= 0.3 is 0 Å². The third kappa shape index (κ3) is 2.29. The number of aromatic nitrogens is 1. The number of nitrogens with zero attached hydrogens (tertiary/aromatic N) is 2. The van der Waals surface area contributed by atoms with Crippen molar-refractivity contribution in [1.82, 2.24) is 4.98 Å². The van der Waals surface area contributed by atoms with Crippen molar-refractivity contribution in [3.05, 3.63) is 54.1 Å². The first-order chi connectivity index (χ1) is 8.59. The fourth-order valence-corrected chi connectivity index (χ4v) is 1.54. The first-order valence-corrected chi connectivity index (χ1v) is 5.32. The van der Waals surface area contributed by atoms with Gasteiger partial charge in [0, 0.05) is 30.7 Å². The van der Waals surface area contributed by atoms with Crippen molar-refractivity contribution in [1.29, 1.82) is 0 Å². The molecule has 0 aliphatic rings. The SMILES string of the molecule is CN(C(=O)c1ccc(N)c(F)c1)c1ccncc1. The molecule has 0 saturated carbocycles. The molecule has 0 fully saturated rings. The Balaban J connectivity index is 2.29. The molecular formula is C13H12FN3O. The van der Waals surface area contributed by atoms with Crippen LogP contribution >= 0.6 is 0 Å². The van der Waals surface area contributed by atoms with Gasteiger partial charge in [0.1, 0.15) is 5.82 Å². The van der Waals surface area contributed by atoms with Gasteiger partial charge < -0.3 is 10.6 Å². The van der Waals surface area contributed by atoms with E-state index >= 15 is 0 Å². The van der Waals surface area contributed by atoms with E-state index in [4.69, 9.17) is 5.73 Å². The zero-order valence-electron chi connectivity index (χ0n) is 9.80. The van der Waals surface area contributed by atoms with Crippen molar-refractivity contribution in [2.75, 3.05) is 17.7 Å². The molecule has 0 spiro atoms. The molecule has 0 saturated heterocycles. The quantitative estimate of drug-likeness (QED) is 0.824. The summed E-state index contributed by atoms with van der Waals surface area (Å²) in [5.74, 6) is -0.899. The zero-order chi connectivity index (χ0) is 13.1.